The first-order valence-corrected chi connectivity index (χ1v) is 11.4. The Bertz CT molecular complexity index is 1340. The summed E-state index contributed by atoms with van der Waals surface area (Å²) in [5, 5.41) is 20.6. The first kappa shape index (κ1) is 21.7. The Balaban J connectivity index is 1.70. The average molecular weight is 504 g/mol. The number of aliphatic hydroxyl groups is 1. The maximum Gasteiger partial charge on any atom is 0.301 e. The van der Waals surface area contributed by atoms with E-state index in [1.54, 1.807) is 43.3 Å². The van der Waals surface area contributed by atoms with Gasteiger partial charge in [-0.25, -0.2) is 0 Å². The van der Waals surface area contributed by atoms with E-state index in [1.165, 1.54) is 4.90 Å². The maximum absolute atomic E-state index is 13.2. The molecule has 0 radical (unpaired) electrons. The summed E-state index contributed by atoms with van der Waals surface area (Å²) in [5.74, 6) is -1.08. The molecule has 1 unspecified atom stereocenters. The number of fused-ring (bicyclic) bond motifs is 1. The fourth-order valence-corrected chi connectivity index (χ4v) is 4.78. The number of rotatable bonds is 3. The summed E-state index contributed by atoms with van der Waals surface area (Å²) in [6.45, 7) is 2.52. The number of aryl methyl sites for hydroxylation is 1. The highest BCUT2D eigenvalue weighted by Crippen LogP contribution is 2.44. The lowest BCUT2D eigenvalue weighted by Gasteiger charge is -2.23. The molecular weight excluding hydrogens is 489 g/mol. The molecule has 0 bridgehead atoms. The molecule has 1 N–H and O–H groups in total. The van der Waals surface area contributed by atoms with E-state index in [4.69, 9.17) is 32.7 Å². The average Bonchev–Trinajstić information content (AvgIpc) is 3.35. The van der Waals surface area contributed by atoms with Crippen LogP contribution in [0.4, 0.5) is 5.13 Å². The number of amides is 1. The molecular formula is C22H15Cl2N3O5S. The van der Waals surface area contributed by atoms with Crippen molar-refractivity contribution in [3.63, 3.8) is 0 Å². The van der Waals surface area contributed by atoms with Crippen LogP contribution in [0.15, 0.2) is 42.0 Å². The summed E-state index contributed by atoms with van der Waals surface area (Å²) < 4.78 is 11.1. The molecule has 5 rings (SSSR count). The number of ether oxygens (including phenoxy) is 2. The van der Waals surface area contributed by atoms with Crippen LogP contribution in [0.5, 0.6) is 11.5 Å². The second kappa shape index (κ2) is 8.33. The standard InChI is InChI=1S/C22H15Cl2N3O5S/c1-10-25-26-22(33-10)27-18(11-2-4-13(23)14(24)8-11)17(20(29)21(27)30)19(28)12-3-5-15-16(9-12)32-7-6-31-15/h2-5,8-9,18,28H,6-7H2,1H3/b19-17-. The normalized spacial score (nSPS) is 19.2. The van der Waals surface area contributed by atoms with Gasteiger partial charge >= 0.3 is 5.91 Å². The Kier molecular flexibility index (Phi) is 5.48. The van der Waals surface area contributed by atoms with Crippen LogP contribution in [0.2, 0.25) is 10.0 Å². The van der Waals surface area contributed by atoms with Crippen LogP contribution < -0.4 is 14.4 Å². The first-order chi connectivity index (χ1) is 15.8. The number of halogens is 2. The van der Waals surface area contributed by atoms with Crippen molar-refractivity contribution >= 4 is 57.1 Å². The second-order valence-corrected chi connectivity index (χ2v) is 9.28. The monoisotopic (exact) mass is 503 g/mol. The van der Waals surface area contributed by atoms with Crippen LogP contribution >= 0.6 is 34.5 Å². The van der Waals surface area contributed by atoms with Gasteiger partial charge in [-0.3, -0.25) is 14.5 Å². The quantitative estimate of drug-likeness (QED) is 0.317. The number of carbonyl (C=O) groups is 2. The fraction of sp³-hybridized carbons (Fsp3) is 0.182. The molecule has 1 atom stereocenters. The Morgan fingerprint density at radius 2 is 1.82 bits per heavy atom. The number of hydrogen-bond acceptors (Lipinski definition) is 8. The molecule has 11 heteroatoms. The Morgan fingerprint density at radius 3 is 2.52 bits per heavy atom. The zero-order valence-corrected chi connectivity index (χ0v) is 19.4. The van der Waals surface area contributed by atoms with Gasteiger partial charge in [0.1, 0.15) is 24.0 Å². The van der Waals surface area contributed by atoms with Gasteiger partial charge in [-0.2, -0.15) is 0 Å². The third-order valence-corrected chi connectivity index (χ3v) is 6.82. The van der Waals surface area contributed by atoms with E-state index in [-0.39, 0.29) is 21.5 Å². The number of hydrogen-bond donors (Lipinski definition) is 1. The summed E-state index contributed by atoms with van der Waals surface area (Å²) in [7, 11) is 0. The first-order valence-electron chi connectivity index (χ1n) is 9.81. The summed E-state index contributed by atoms with van der Waals surface area (Å²) in [5.41, 5.74) is 0.675. The number of aromatic nitrogens is 2. The molecule has 1 aromatic heterocycles. The minimum absolute atomic E-state index is 0.108. The fourth-order valence-electron chi connectivity index (χ4n) is 3.76. The molecule has 0 spiro atoms. The summed E-state index contributed by atoms with van der Waals surface area (Å²) in [4.78, 5) is 27.5. The van der Waals surface area contributed by atoms with E-state index in [0.29, 0.717) is 45.9 Å². The molecule has 2 aromatic carbocycles. The lowest BCUT2D eigenvalue weighted by molar-refractivity contribution is -0.132. The summed E-state index contributed by atoms with van der Waals surface area (Å²) in [6.07, 6.45) is 0. The third-order valence-electron chi connectivity index (χ3n) is 5.24. The Hall–Kier alpha value is -3.14. The van der Waals surface area contributed by atoms with Crippen molar-refractivity contribution in [2.24, 2.45) is 0 Å². The Labute approximate surface area is 202 Å². The van der Waals surface area contributed by atoms with Crippen molar-refractivity contribution in [1.82, 2.24) is 10.2 Å². The van der Waals surface area contributed by atoms with Crippen molar-refractivity contribution < 1.29 is 24.2 Å². The number of carbonyl (C=O) groups excluding carboxylic acids is 2. The number of Topliss-reactive ketones (excluding diaryl/α,β-unsaturated/α-hetero) is 1. The minimum Gasteiger partial charge on any atom is -0.507 e. The number of nitrogens with zero attached hydrogens (tertiary/aromatic N) is 3. The SMILES string of the molecule is Cc1nnc(N2C(=O)C(=O)/C(=C(\O)c3ccc4c(c3)OCCO4)C2c2ccc(Cl)c(Cl)c2)s1. The van der Waals surface area contributed by atoms with Gasteiger partial charge in [0, 0.05) is 5.56 Å². The molecule has 3 heterocycles. The van der Waals surface area contributed by atoms with E-state index < -0.39 is 17.7 Å². The second-order valence-electron chi connectivity index (χ2n) is 7.30. The van der Waals surface area contributed by atoms with Crippen LogP contribution in [0, 0.1) is 6.92 Å². The molecule has 1 amide bonds. The van der Waals surface area contributed by atoms with Crippen LogP contribution in [-0.2, 0) is 9.59 Å². The summed E-state index contributed by atoms with van der Waals surface area (Å²) >= 11 is 13.5. The van der Waals surface area contributed by atoms with Gasteiger partial charge in [0.2, 0.25) is 5.13 Å². The number of benzene rings is 2. The van der Waals surface area contributed by atoms with Gasteiger partial charge in [0.05, 0.1) is 21.7 Å². The van der Waals surface area contributed by atoms with Crippen molar-refractivity contribution in [2.45, 2.75) is 13.0 Å². The lowest BCUT2D eigenvalue weighted by atomic mass is 9.95. The maximum atomic E-state index is 13.2. The van der Waals surface area contributed by atoms with Crippen LogP contribution in [-0.4, -0.2) is 40.2 Å². The highest BCUT2D eigenvalue weighted by atomic mass is 35.5. The largest absolute Gasteiger partial charge is 0.507 e. The van der Waals surface area contributed by atoms with Crippen molar-refractivity contribution in [3.05, 3.63) is 68.2 Å². The number of anilines is 1. The van der Waals surface area contributed by atoms with E-state index in [0.717, 1.165) is 11.3 Å². The zero-order chi connectivity index (χ0) is 23.3. The smallest absolute Gasteiger partial charge is 0.301 e. The van der Waals surface area contributed by atoms with Gasteiger partial charge in [-0.1, -0.05) is 40.6 Å². The van der Waals surface area contributed by atoms with Gasteiger partial charge < -0.3 is 14.6 Å². The third kappa shape index (κ3) is 3.72. The molecule has 1 fully saturated rings. The highest BCUT2D eigenvalue weighted by molar-refractivity contribution is 7.15. The van der Waals surface area contributed by atoms with Crippen molar-refractivity contribution in [3.8, 4) is 11.5 Å². The molecule has 168 valence electrons. The van der Waals surface area contributed by atoms with Crippen molar-refractivity contribution in [2.75, 3.05) is 18.1 Å². The molecule has 1 saturated heterocycles. The van der Waals surface area contributed by atoms with Crippen LogP contribution in [0.25, 0.3) is 5.76 Å². The molecule has 2 aliphatic rings. The number of ketones is 1. The van der Waals surface area contributed by atoms with E-state index in [1.807, 2.05) is 0 Å². The molecule has 3 aromatic rings. The van der Waals surface area contributed by atoms with Gasteiger partial charge in [0.15, 0.2) is 11.5 Å². The predicted molar refractivity (Wildman–Crippen MR) is 123 cm³/mol. The van der Waals surface area contributed by atoms with Crippen LogP contribution in [0.3, 0.4) is 0 Å². The topological polar surface area (TPSA) is 102 Å². The lowest BCUT2D eigenvalue weighted by Crippen LogP contribution is -2.29. The van der Waals surface area contributed by atoms with Crippen molar-refractivity contribution in [1.29, 1.82) is 0 Å². The zero-order valence-electron chi connectivity index (χ0n) is 17.0. The highest BCUT2D eigenvalue weighted by Gasteiger charge is 2.48. The van der Waals surface area contributed by atoms with E-state index >= 15 is 0 Å². The molecule has 33 heavy (non-hydrogen) atoms. The van der Waals surface area contributed by atoms with E-state index in [9.17, 15) is 14.7 Å². The molecule has 0 aliphatic carbocycles. The molecule has 2 aliphatic heterocycles. The van der Waals surface area contributed by atoms with E-state index in [2.05, 4.69) is 10.2 Å². The van der Waals surface area contributed by atoms with Gasteiger partial charge in [-0.15, -0.1) is 10.2 Å². The van der Waals surface area contributed by atoms with Gasteiger partial charge in [0.25, 0.3) is 5.78 Å². The Morgan fingerprint density at radius 1 is 1.06 bits per heavy atom. The number of aliphatic hydroxyl groups excluding tert-OH is 1. The summed E-state index contributed by atoms with van der Waals surface area (Å²) in [6, 6.07) is 8.58. The van der Waals surface area contributed by atoms with Gasteiger partial charge in [-0.05, 0) is 42.8 Å². The minimum atomic E-state index is -0.986. The predicted octanol–water partition coefficient (Wildman–Crippen LogP) is 4.55. The molecule has 0 saturated carbocycles. The molecule has 8 nitrogen and oxygen atoms in total. The van der Waals surface area contributed by atoms with Crippen LogP contribution in [0.1, 0.15) is 22.2 Å².